The number of piperazine rings is 1. The Morgan fingerprint density at radius 2 is 1.77 bits per heavy atom. The summed E-state index contributed by atoms with van der Waals surface area (Å²) < 4.78 is 0. The summed E-state index contributed by atoms with van der Waals surface area (Å²) in [7, 11) is 4.04. The molecule has 144 valence electrons. The first-order valence-corrected chi connectivity index (χ1v) is 11.1. The molecule has 0 unspecified atom stereocenters. The topological polar surface area (TPSA) is 61.5 Å². The van der Waals surface area contributed by atoms with Gasteiger partial charge in [-0.3, -0.25) is 4.90 Å². The van der Waals surface area contributed by atoms with Gasteiger partial charge in [0.25, 0.3) is 0 Å². The molecule has 0 aromatic carbocycles. The number of anilines is 2. The van der Waals surface area contributed by atoms with E-state index in [0.717, 1.165) is 56.8 Å². The summed E-state index contributed by atoms with van der Waals surface area (Å²) in [5.41, 5.74) is 7.17. The van der Waals surface area contributed by atoms with Gasteiger partial charge in [-0.1, -0.05) is 0 Å². The van der Waals surface area contributed by atoms with Crippen LogP contribution in [0.4, 0.5) is 11.8 Å². The van der Waals surface area contributed by atoms with Gasteiger partial charge in [0, 0.05) is 64.3 Å². The van der Waals surface area contributed by atoms with E-state index in [9.17, 15) is 0 Å². The number of thioether (sulfide) groups is 1. The molecule has 0 radical (unpaired) electrons. The predicted octanol–water partition coefficient (Wildman–Crippen LogP) is 1.76. The Bertz CT molecular complexity index is 604. The van der Waals surface area contributed by atoms with Crippen LogP contribution >= 0.6 is 11.8 Å². The molecule has 6 nitrogen and oxygen atoms in total. The van der Waals surface area contributed by atoms with Crippen LogP contribution in [0.25, 0.3) is 0 Å². The Hall–Kier alpha value is -1.05. The standard InChI is InChI=1S/C19H32N6S/c1-23(2)19-21-17(14-11-15(20)12-14)13-18(22-19)25-7-5-24(6-8-25)16-3-9-26-10-4-16/h13-16H,3-12,20H2,1-2H3. The molecule has 4 rings (SSSR count). The molecule has 3 fully saturated rings. The first kappa shape index (κ1) is 18.3. The molecule has 3 heterocycles. The van der Waals surface area contributed by atoms with Crippen LogP contribution in [0.15, 0.2) is 6.07 Å². The maximum absolute atomic E-state index is 6.00. The third-order valence-corrected chi connectivity index (χ3v) is 7.11. The third-order valence-electron chi connectivity index (χ3n) is 6.06. The lowest BCUT2D eigenvalue weighted by atomic mass is 9.78. The van der Waals surface area contributed by atoms with Crippen LogP contribution in [0.2, 0.25) is 0 Å². The zero-order valence-corrected chi connectivity index (χ0v) is 16.9. The van der Waals surface area contributed by atoms with E-state index in [0.29, 0.717) is 12.0 Å². The summed E-state index contributed by atoms with van der Waals surface area (Å²) in [6, 6.07) is 3.36. The van der Waals surface area contributed by atoms with E-state index in [1.165, 1.54) is 30.0 Å². The quantitative estimate of drug-likeness (QED) is 0.859. The number of hydrogen-bond donors (Lipinski definition) is 1. The van der Waals surface area contributed by atoms with Gasteiger partial charge in [0.1, 0.15) is 5.82 Å². The van der Waals surface area contributed by atoms with Crippen LogP contribution in [0.5, 0.6) is 0 Å². The van der Waals surface area contributed by atoms with Crippen molar-refractivity contribution in [3.8, 4) is 0 Å². The first-order valence-electron chi connectivity index (χ1n) is 9.99. The lowest BCUT2D eigenvalue weighted by Gasteiger charge is -2.41. The summed E-state index contributed by atoms with van der Waals surface area (Å²) in [4.78, 5) is 16.8. The molecule has 3 aliphatic rings. The molecule has 1 saturated carbocycles. The number of nitrogens with zero attached hydrogens (tertiary/aromatic N) is 5. The summed E-state index contributed by atoms with van der Waals surface area (Å²) in [6.07, 6.45) is 4.82. The largest absolute Gasteiger partial charge is 0.354 e. The van der Waals surface area contributed by atoms with Crippen LogP contribution in [-0.4, -0.2) is 78.7 Å². The molecule has 1 aromatic rings. The summed E-state index contributed by atoms with van der Waals surface area (Å²) in [6.45, 7) is 4.44. The minimum Gasteiger partial charge on any atom is -0.354 e. The second-order valence-electron chi connectivity index (χ2n) is 8.14. The molecule has 7 heteroatoms. The van der Waals surface area contributed by atoms with Crippen LogP contribution in [-0.2, 0) is 0 Å². The number of rotatable bonds is 4. The van der Waals surface area contributed by atoms with Gasteiger partial charge in [0.15, 0.2) is 0 Å². The molecule has 0 spiro atoms. The molecular formula is C19H32N6S. The van der Waals surface area contributed by atoms with E-state index in [1.807, 2.05) is 19.0 Å². The van der Waals surface area contributed by atoms with Crippen LogP contribution in [0, 0.1) is 0 Å². The van der Waals surface area contributed by atoms with Crippen molar-refractivity contribution in [3.05, 3.63) is 11.8 Å². The van der Waals surface area contributed by atoms with Gasteiger partial charge in [-0.2, -0.15) is 16.7 Å². The number of nitrogens with two attached hydrogens (primary N) is 1. The van der Waals surface area contributed by atoms with Gasteiger partial charge < -0.3 is 15.5 Å². The van der Waals surface area contributed by atoms with Crippen molar-refractivity contribution in [1.82, 2.24) is 14.9 Å². The molecule has 1 aliphatic carbocycles. The van der Waals surface area contributed by atoms with E-state index in [1.54, 1.807) is 0 Å². The molecule has 1 aromatic heterocycles. The fourth-order valence-electron chi connectivity index (χ4n) is 4.28. The van der Waals surface area contributed by atoms with Gasteiger partial charge in [-0.05, 0) is 37.2 Å². The Morgan fingerprint density at radius 1 is 1.08 bits per heavy atom. The third kappa shape index (κ3) is 3.94. The monoisotopic (exact) mass is 376 g/mol. The Balaban J connectivity index is 1.45. The highest BCUT2D eigenvalue weighted by molar-refractivity contribution is 7.99. The van der Waals surface area contributed by atoms with E-state index >= 15 is 0 Å². The van der Waals surface area contributed by atoms with E-state index < -0.39 is 0 Å². The minimum atomic E-state index is 0.346. The van der Waals surface area contributed by atoms with Crippen LogP contribution in [0.3, 0.4) is 0 Å². The van der Waals surface area contributed by atoms with Crippen molar-refractivity contribution in [2.45, 2.75) is 43.7 Å². The zero-order chi connectivity index (χ0) is 18.1. The number of hydrogen-bond acceptors (Lipinski definition) is 7. The first-order chi connectivity index (χ1) is 12.6. The number of aromatic nitrogens is 2. The highest BCUT2D eigenvalue weighted by atomic mass is 32.2. The van der Waals surface area contributed by atoms with Crippen LogP contribution < -0.4 is 15.5 Å². The normalized spacial score (nSPS) is 28.0. The molecule has 0 bridgehead atoms. The van der Waals surface area contributed by atoms with Crippen molar-refractivity contribution in [2.75, 3.05) is 61.6 Å². The van der Waals surface area contributed by atoms with Gasteiger partial charge in [0.2, 0.25) is 5.95 Å². The lowest BCUT2D eigenvalue weighted by molar-refractivity contribution is 0.175. The minimum absolute atomic E-state index is 0.346. The average molecular weight is 377 g/mol. The van der Waals surface area contributed by atoms with Gasteiger partial charge >= 0.3 is 0 Å². The van der Waals surface area contributed by atoms with Gasteiger partial charge in [-0.25, -0.2) is 4.98 Å². The molecule has 2 aliphatic heterocycles. The predicted molar refractivity (Wildman–Crippen MR) is 110 cm³/mol. The summed E-state index contributed by atoms with van der Waals surface area (Å²) in [5, 5.41) is 0. The molecule has 26 heavy (non-hydrogen) atoms. The zero-order valence-electron chi connectivity index (χ0n) is 16.1. The molecule has 0 atom stereocenters. The highest BCUT2D eigenvalue weighted by Crippen LogP contribution is 2.36. The van der Waals surface area contributed by atoms with Crippen LogP contribution in [0.1, 0.15) is 37.3 Å². The molecular weight excluding hydrogens is 344 g/mol. The van der Waals surface area contributed by atoms with Crippen molar-refractivity contribution in [2.24, 2.45) is 5.73 Å². The van der Waals surface area contributed by atoms with Gasteiger partial charge in [0.05, 0.1) is 5.69 Å². The Labute approximate surface area is 161 Å². The summed E-state index contributed by atoms with van der Waals surface area (Å²) in [5.74, 6) is 5.08. The van der Waals surface area contributed by atoms with Crippen molar-refractivity contribution < 1.29 is 0 Å². The van der Waals surface area contributed by atoms with Gasteiger partial charge in [-0.15, -0.1) is 0 Å². The SMILES string of the molecule is CN(C)c1nc(C2CC(N)C2)cc(N2CCN(C3CCSCC3)CC2)n1. The second kappa shape index (κ2) is 7.90. The fourth-order valence-corrected chi connectivity index (χ4v) is 5.36. The van der Waals surface area contributed by atoms with Crippen molar-refractivity contribution >= 4 is 23.5 Å². The summed E-state index contributed by atoms with van der Waals surface area (Å²) >= 11 is 2.11. The smallest absolute Gasteiger partial charge is 0.227 e. The average Bonchev–Trinajstić information content (AvgIpc) is 2.66. The molecule has 2 saturated heterocycles. The lowest BCUT2D eigenvalue weighted by Crippen LogP contribution is -2.51. The second-order valence-corrected chi connectivity index (χ2v) is 9.37. The van der Waals surface area contributed by atoms with E-state index in [4.69, 9.17) is 15.7 Å². The van der Waals surface area contributed by atoms with E-state index in [-0.39, 0.29) is 0 Å². The van der Waals surface area contributed by atoms with Crippen molar-refractivity contribution in [1.29, 1.82) is 0 Å². The maximum atomic E-state index is 6.00. The Morgan fingerprint density at radius 3 is 2.38 bits per heavy atom. The molecule has 2 N–H and O–H groups in total. The maximum Gasteiger partial charge on any atom is 0.227 e. The highest BCUT2D eigenvalue weighted by Gasteiger charge is 2.31. The Kier molecular flexibility index (Phi) is 5.57. The van der Waals surface area contributed by atoms with Crippen molar-refractivity contribution in [3.63, 3.8) is 0 Å². The molecule has 0 amide bonds. The fraction of sp³-hybridized carbons (Fsp3) is 0.789. The van der Waals surface area contributed by atoms with E-state index in [2.05, 4.69) is 27.6 Å².